The SMILES string of the molecule is CC(Nc1ccc(F)c(C(=O)O)c1)c1ccc(Br)o1. The molecule has 2 N–H and O–H groups in total. The first kappa shape index (κ1) is 13.6. The van der Waals surface area contributed by atoms with Gasteiger partial charge >= 0.3 is 5.97 Å². The average Bonchev–Trinajstić information content (AvgIpc) is 2.78. The predicted octanol–water partition coefficient (Wildman–Crippen LogP) is 4.05. The third kappa shape index (κ3) is 3.14. The minimum atomic E-state index is -1.30. The number of nitrogens with one attached hydrogen (secondary N) is 1. The maximum Gasteiger partial charge on any atom is 0.338 e. The molecule has 0 aliphatic carbocycles. The quantitative estimate of drug-likeness (QED) is 0.889. The van der Waals surface area contributed by atoms with Crippen molar-refractivity contribution < 1.29 is 18.7 Å². The largest absolute Gasteiger partial charge is 0.478 e. The summed E-state index contributed by atoms with van der Waals surface area (Å²) < 4.78 is 19.2. The highest BCUT2D eigenvalue weighted by Gasteiger charge is 2.14. The first-order valence-electron chi connectivity index (χ1n) is 5.52. The van der Waals surface area contributed by atoms with Crippen LogP contribution in [0.3, 0.4) is 0 Å². The van der Waals surface area contributed by atoms with Gasteiger partial charge in [-0.1, -0.05) is 0 Å². The molecule has 0 bridgehead atoms. The zero-order valence-electron chi connectivity index (χ0n) is 9.98. The molecule has 1 aromatic carbocycles. The summed E-state index contributed by atoms with van der Waals surface area (Å²) in [6, 6.07) is 7.25. The van der Waals surface area contributed by atoms with Crippen molar-refractivity contribution in [2.45, 2.75) is 13.0 Å². The Morgan fingerprint density at radius 1 is 1.42 bits per heavy atom. The Kier molecular flexibility index (Phi) is 3.90. The van der Waals surface area contributed by atoms with Gasteiger partial charge in [-0.15, -0.1) is 0 Å². The van der Waals surface area contributed by atoms with Crippen LogP contribution >= 0.6 is 15.9 Å². The Labute approximate surface area is 117 Å². The summed E-state index contributed by atoms with van der Waals surface area (Å²) in [6.45, 7) is 1.86. The predicted molar refractivity (Wildman–Crippen MR) is 71.8 cm³/mol. The van der Waals surface area contributed by atoms with Gasteiger partial charge in [0.1, 0.15) is 11.6 Å². The molecule has 0 amide bonds. The molecule has 100 valence electrons. The highest BCUT2D eigenvalue weighted by Crippen LogP contribution is 2.24. The minimum absolute atomic E-state index is 0.168. The molecule has 1 atom stereocenters. The Morgan fingerprint density at radius 3 is 2.74 bits per heavy atom. The standard InChI is InChI=1S/C13H11BrFNO3/c1-7(11-4-5-12(14)19-11)16-8-2-3-10(15)9(6-8)13(17)18/h2-7,16H,1H3,(H,17,18). The van der Waals surface area contributed by atoms with Crippen LogP contribution in [0.5, 0.6) is 0 Å². The van der Waals surface area contributed by atoms with Crippen molar-refractivity contribution in [2.75, 3.05) is 5.32 Å². The van der Waals surface area contributed by atoms with Crippen molar-refractivity contribution in [3.8, 4) is 0 Å². The monoisotopic (exact) mass is 327 g/mol. The van der Waals surface area contributed by atoms with E-state index in [1.54, 1.807) is 12.1 Å². The lowest BCUT2D eigenvalue weighted by Crippen LogP contribution is -2.07. The van der Waals surface area contributed by atoms with Crippen LogP contribution in [0.4, 0.5) is 10.1 Å². The van der Waals surface area contributed by atoms with Gasteiger partial charge in [-0.2, -0.15) is 0 Å². The van der Waals surface area contributed by atoms with Gasteiger partial charge in [-0.05, 0) is 53.2 Å². The maximum atomic E-state index is 13.3. The number of furan rings is 1. The van der Waals surface area contributed by atoms with Crippen LogP contribution in [0, 0.1) is 5.82 Å². The number of hydrogen-bond acceptors (Lipinski definition) is 3. The second kappa shape index (κ2) is 5.44. The van der Waals surface area contributed by atoms with E-state index in [-0.39, 0.29) is 11.6 Å². The molecule has 19 heavy (non-hydrogen) atoms. The lowest BCUT2D eigenvalue weighted by Gasteiger charge is -2.13. The van der Waals surface area contributed by atoms with E-state index in [9.17, 15) is 9.18 Å². The molecular weight excluding hydrogens is 317 g/mol. The first-order chi connectivity index (χ1) is 8.97. The fourth-order valence-corrected chi connectivity index (χ4v) is 1.98. The molecule has 0 fully saturated rings. The number of hydrogen-bond donors (Lipinski definition) is 2. The van der Waals surface area contributed by atoms with Crippen molar-refractivity contribution in [1.29, 1.82) is 0 Å². The summed E-state index contributed by atoms with van der Waals surface area (Å²) in [5, 5.41) is 11.9. The maximum absolute atomic E-state index is 13.3. The molecule has 0 aliphatic heterocycles. The average molecular weight is 328 g/mol. The van der Waals surface area contributed by atoms with Crippen LogP contribution in [0.15, 0.2) is 39.4 Å². The molecule has 0 saturated carbocycles. The summed E-state index contributed by atoms with van der Waals surface area (Å²) in [4.78, 5) is 10.8. The molecular formula is C13H11BrFNO3. The third-order valence-electron chi connectivity index (χ3n) is 2.60. The van der Waals surface area contributed by atoms with E-state index in [1.807, 2.05) is 6.92 Å². The van der Waals surface area contributed by atoms with Gasteiger partial charge in [0, 0.05) is 5.69 Å². The van der Waals surface area contributed by atoms with E-state index in [4.69, 9.17) is 9.52 Å². The Morgan fingerprint density at radius 2 is 2.16 bits per heavy atom. The number of carboxylic acids is 1. The lowest BCUT2D eigenvalue weighted by molar-refractivity contribution is 0.0692. The van der Waals surface area contributed by atoms with Gasteiger partial charge in [0.15, 0.2) is 4.67 Å². The molecule has 1 aromatic heterocycles. The normalized spacial score (nSPS) is 12.2. The van der Waals surface area contributed by atoms with Crippen molar-refractivity contribution >= 4 is 27.6 Å². The molecule has 1 heterocycles. The second-order valence-electron chi connectivity index (χ2n) is 4.01. The Balaban J connectivity index is 2.19. The molecule has 4 nitrogen and oxygen atoms in total. The van der Waals surface area contributed by atoms with E-state index >= 15 is 0 Å². The van der Waals surface area contributed by atoms with E-state index in [2.05, 4.69) is 21.2 Å². The molecule has 0 saturated heterocycles. The summed E-state index contributed by atoms with van der Waals surface area (Å²) in [7, 11) is 0. The molecule has 0 aliphatic rings. The second-order valence-corrected chi connectivity index (χ2v) is 4.79. The fraction of sp³-hybridized carbons (Fsp3) is 0.154. The van der Waals surface area contributed by atoms with Crippen molar-refractivity contribution in [3.63, 3.8) is 0 Å². The summed E-state index contributed by atoms with van der Waals surface area (Å²) in [5.74, 6) is -1.37. The zero-order valence-corrected chi connectivity index (χ0v) is 11.6. The number of rotatable bonds is 4. The highest BCUT2D eigenvalue weighted by molar-refractivity contribution is 9.10. The van der Waals surface area contributed by atoms with Gasteiger partial charge in [-0.25, -0.2) is 9.18 Å². The van der Waals surface area contributed by atoms with E-state index in [0.29, 0.717) is 16.1 Å². The summed E-state index contributed by atoms with van der Waals surface area (Å²) in [5.41, 5.74) is 0.150. The van der Waals surface area contributed by atoms with Crippen LogP contribution in [0.25, 0.3) is 0 Å². The minimum Gasteiger partial charge on any atom is -0.478 e. The van der Waals surface area contributed by atoms with Crippen LogP contribution in [-0.2, 0) is 0 Å². The van der Waals surface area contributed by atoms with Gasteiger partial charge in [0.05, 0.1) is 11.6 Å². The number of anilines is 1. The first-order valence-corrected chi connectivity index (χ1v) is 6.31. The number of aromatic carboxylic acids is 1. The van der Waals surface area contributed by atoms with Gasteiger partial charge < -0.3 is 14.8 Å². The van der Waals surface area contributed by atoms with E-state index in [1.165, 1.54) is 12.1 Å². The Bertz CT molecular complexity index is 612. The number of benzene rings is 1. The molecule has 6 heteroatoms. The van der Waals surface area contributed by atoms with Crippen LogP contribution in [0.1, 0.15) is 29.1 Å². The van der Waals surface area contributed by atoms with Gasteiger partial charge in [0.25, 0.3) is 0 Å². The molecule has 1 unspecified atom stereocenters. The van der Waals surface area contributed by atoms with Crippen LogP contribution in [0.2, 0.25) is 0 Å². The number of halogens is 2. The molecule has 0 radical (unpaired) electrons. The van der Waals surface area contributed by atoms with Gasteiger partial charge in [-0.3, -0.25) is 0 Å². The topological polar surface area (TPSA) is 62.5 Å². The fourth-order valence-electron chi connectivity index (χ4n) is 1.66. The molecule has 0 spiro atoms. The molecule has 2 aromatic rings. The van der Waals surface area contributed by atoms with Crippen LogP contribution < -0.4 is 5.32 Å². The lowest BCUT2D eigenvalue weighted by atomic mass is 10.1. The van der Waals surface area contributed by atoms with Crippen molar-refractivity contribution in [1.82, 2.24) is 0 Å². The molecule has 2 rings (SSSR count). The van der Waals surface area contributed by atoms with Crippen molar-refractivity contribution in [3.05, 3.63) is 52.1 Å². The zero-order chi connectivity index (χ0) is 14.0. The van der Waals surface area contributed by atoms with E-state index in [0.717, 1.165) is 6.07 Å². The van der Waals surface area contributed by atoms with E-state index < -0.39 is 11.8 Å². The Hall–Kier alpha value is -1.82. The third-order valence-corrected chi connectivity index (χ3v) is 3.03. The number of carbonyl (C=O) groups is 1. The van der Waals surface area contributed by atoms with Gasteiger partial charge in [0.2, 0.25) is 0 Å². The highest BCUT2D eigenvalue weighted by atomic mass is 79.9. The van der Waals surface area contributed by atoms with Crippen molar-refractivity contribution in [2.24, 2.45) is 0 Å². The smallest absolute Gasteiger partial charge is 0.338 e. The summed E-state index contributed by atoms with van der Waals surface area (Å²) in [6.07, 6.45) is 0. The summed E-state index contributed by atoms with van der Waals surface area (Å²) >= 11 is 3.20. The number of carboxylic acid groups (broad SMARTS) is 1. The van der Waals surface area contributed by atoms with Crippen LogP contribution in [-0.4, -0.2) is 11.1 Å².